The van der Waals surface area contributed by atoms with Crippen LogP contribution >= 0.6 is 62.3 Å². The number of anilines is 2. The Morgan fingerprint density at radius 3 is 2.32 bits per heavy atom. The molecule has 0 aliphatic heterocycles. The Hall–Kier alpha value is -1.90. The highest BCUT2D eigenvalue weighted by molar-refractivity contribution is 9.10. The fourth-order valence-electron chi connectivity index (χ4n) is 3.55. The summed E-state index contributed by atoms with van der Waals surface area (Å²) in [5.74, 6) is -4.19. The zero-order valence-electron chi connectivity index (χ0n) is 16.8. The number of hydrogen-bond acceptors (Lipinski definition) is 2. The summed E-state index contributed by atoms with van der Waals surface area (Å²) in [5, 5.41) is 5.53. The normalized spacial score (nSPS) is 18.3. The van der Waals surface area contributed by atoms with Crippen LogP contribution in [0.3, 0.4) is 0 Å². The van der Waals surface area contributed by atoms with Gasteiger partial charge in [0.05, 0.1) is 27.2 Å². The Balaban J connectivity index is 1.51. The van der Waals surface area contributed by atoms with Gasteiger partial charge in [-0.3, -0.25) is 9.59 Å². The van der Waals surface area contributed by atoms with E-state index in [1.54, 1.807) is 18.2 Å². The minimum atomic E-state index is -1.34. The summed E-state index contributed by atoms with van der Waals surface area (Å²) in [5.41, 5.74) is 0.705. The second-order valence-electron chi connectivity index (χ2n) is 7.57. The van der Waals surface area contributed by atoms with Crippen LogP contribution in [0.5, 0.6) is 0 Å². The van der Waals surface area contributed by atoms with Gasteiger partial charge in [-0.05, 0) is 64.0 Å². The number of carbonyl (C=O) groups is 2. The van der Waals surface area contributed by atoms with Gasteiger partial charge in [0.1, 0.15) is 16.0 Å². The molecule has 1 saturated carbocycles. The first-order valence-electron chi connectivity index (χ1n) is 9.68. The van der Waals surface area contributed by atoms with Crippen LogP contribution in [0, 0.1) is 17.6 Å². The molecule has 2 N–H and O–H groups in total. The highest BCUT2D eigenvalue weighted by atomic mass is 79.9. The van der Waals surface area contributed by atoms with E-state index in [9.17, 15) is 18.4 Å². The van der Waals surface area contributed by atoms with Crippen LogP contribution in [-0.2, 0) is 4.79 Å². The number of carbonyl (C=O) groups excluding carboxylic acids is 2. The molecule has 3 aromatic rings. The van der Waals surface area contributed by atoms with Crippen LogP contribution in [0.25, 0.3) is 0 Å². The van der Waals surface area contributed by atoms with Gasteiger partial charge in [-0.1, -0.05) is 29.3 Å². The maximum absolute atomic E-state index is 13.9. The number of alkyl halides is 2. The Labute approximate surface area is 221 Å². The molecule has 2 amide bonds. The largest absolute Gasteiger partial charge is 0.326 e. The lowest BCUT2D eigenvalue weighted by atomic mass is 10.1. The van der Waals surface area contributed by atoms with Gasteiger partial charge in [0.2, 0.25) is 5.91 Å². The minimum absolute atomic E-state index is 0.0294. The Morgan fingerprint density at radius 1 is 0.912 bits per heavy atom. The molecular weight excluding hydrogens is 596 g/mol. The third-order valence-electron chi connectivity index (χ3n) is 5.30. The van der Waals surface area contributed by atoms with Gasteiger partial charge >= 0.3 is 0 Å². The summed E-state index contributed by atoms with van der Waals surface area (Å²) in [7, 11) is 0. The molecule has 0 saturated heterocycles. The fraction of sp³-hybridized carbons (Fsp3) is 0.130. The molecule has 0 aromatic heterocycles. The lowest BCUT2D eigenvalue weighted by Crippen LogP contribution is -2.18. The summed E-state index contributed by atoms with van der Waals surface area (Å²) in [4.78, 5) is 25.5. The van der Waals surface area contributed by atoms with Crippen molar-refractivity contribution in [2.75, 3.05) is 10.6 Å². The maximum Gasteiger partial charge on any atom is 0.257 e. The molecule has 0 bridgehead atoms. The molecule has 34 heavy (non-hydrogen) atoms. The summed E-state index contributed by atoms with van der Waals surface area (Å²) in [6.45, 7) is 0. The van der Waals surface area contributed by atoms with Crippen LogP contribution in [0.15, 0.2) is 59.1 Å². The number of halogens is 7. The Kier molecular flexibility index (Phi) is 7.14. The SMILES string of the molecule is O=C(Nc1ccc(F)cc1F)c1cc(NC(=O)[C@H]2[C@H](c3ccc(Br)c(Cl)c3)C2(Cl)Cl)ccc1Cl. The van der Waals surface area contributed by atoms with E-state index < -0.39 is 39.6 Å². The summed E-state index contributed by atoms with van der Waals surface area (Å²) >= 11 is 28.4. The first-order chi connectivity index (χ1) is 16.0. The van der Waals surface area contributed by atoms with Crippen LogP contribution in [-0.4, -0.2) is 16.1 Å². The summed E-state index contributed by atoms with van der Waals surface area (Å²) in [6, 6.07) is 12.2. The van der Waals surface area contributed by atoms with Gasteiger partial charge in [-0.2, -0.15) is 0 Å². The van der Waals surface area contributed by atoms with E-state index in [0.29, 0.717) is 21.1 Å². The lowest BCUT2D eigenvalue weighted by Gasteiger charge is -2.11. The molecule has 4 nitrogen and oxygen atoms in total. The van der Waals surface area contributed by atoms with Crippen molar-refractivity contribution in [2.45, 2.75) is 10.3 Å². The van der Waals surface area contributed by atoms with Crippen molar-refractivity contribution < 1.29 is 18.4 Å². The van der Waals surface area contributed by atoms with Gasteiger partial charge in [-0.25, -0.2) is 8.78 Å². The Morgan fingerprint density at radius 2 is 1.65 bits per heavy atom. The molecule has 0 radical (unpaired) electrons. The summed E-state index contributed by atoms with van der Waals surface area (Å²) in [6.07, 6.45) is 0. The third kappa shape index (κ3) is 5.04. The Bertz CT molecular complexity index is 1320. The topological polar surface area (TPSA) is 58.2 Å². The predicted octanol–water partition coefficient (Wildman–Crippen LogP) is 7.81. The van der Waals surface area contributed by atoms with E-state index in [-0.39, 0.29) is 22.0 Å². The lowest BCUT2D eigenvalue weighted by molar-refractivity contribution is -0.117. The average molecular weight is 609 g/mol. The van der Waals surface area contributed by atoms with E-state index in [0.717, 1.165) is 12.1 Å². The monoisotopic (exact) mass is 606 g/mol. The molecule has 0 heterocycles. The number of benzene rings is 3. The molecular formula is C23H13BrCl4F2N2O2. The molecule has 1 aliphatic rings. The highest BCUT2D eigenvalue weighted by Gasteiger charge is 2.67. The van der Waals surface area contributed by atoms with Gasteiger partial charge < -0.3 is 10.6 Å². The molecule has 0 unspecified atom stereocenters. The van der Waals surface area contributed by atoms with Crippen LogP contribution in [0.4, 0.5) is 20.2 Å². The second kappa shape index (κ2) is 9.63. The minimum Gasteiger partial charge on any atom is -0.326 e. The van der Waals surface area contributed by atoms with Crippen molar-refractivity contribution in [1.29, 1.82) is 0 Å². The maximum atomic E-state index is 13.9. The number of rotatable bonds is 5. The third-order valence-corrected chi connectivity index (χ3v) is 7.80. The standard InChI is InChI=1S/C23H13BrCl4F2N2O2/c24-14-4-1-10(7-16(14)26)19-20(23(19,27)28)22(34)31-12-3-5-15(25)13(9-12)21(33)32-18-6-2-11(29)8-17(18)30/h1-9,19-20H,(H,31,34)(H,32,33)/t19-,20+/m0/s1. The number of nitrogens with one attached hydrogen (secondary N) is 2. The van der Waals surface area contributed by atoms with Crippen molar-refractivity contribution in [2.24, 2.45) is 5.92 Å². The van der Waals surface area contributed by atoms with Crippen LogP contribution < -0.4 is 10.6 Å². The van der Waals surface area contributed by atoms with Gasteiger partial charge in [0, 0.05) is 22.1 Å². The number of hydrogen-bond donors (Lipinski definition) is 2. The van der Waals surface area contributed by atoms with E-state index in [4.69, 9.17) is 46.4 Å². The quantitative estimate of drug-likeness (QED) is 0.290. The van der Waals surface area contributed by atoms with Crippen molar-refractivity contribution in [3.63, 3.8) is 0 Å². The van der Waals surface area contributed by atoms with Crippen molar-refractivity contribution >= 4 is 85.5 Å². The first kappa shape index (κ1) is 25.2. The zero-order chi connectivity index (χ0) is 24.8. The van der Waals surface area contributed by atoms with Crippen molar-refractivity contribution in [3.8, 4) is 0 Å². The van der Waals surface area contributed by atoms with Crippen molar-refractivity contribution in [3.05, 3.63) is 91.9 Å². The number of amides is 2. The predicted molar refractivity (Wildman–Crippen MR) is 134 cm³/mol. The van der Waals surface area contributed by atoms with Gasteiger partial charge in [0.25, 0.3) is 5.91 Å². The fourth-order valence-corrected chi connectivity index (χ4v) is 5.02. The molecule has 176 valence electrons. The van der Waals surface area contributed by atoms with E-state index >= 15 is 0 Å². The average Bonchev–Trinajstić information content (AvgIpc) is 3.35. The molecule has 0 spiro atoms. The molecule has 1 fully saturated rings. The van der Waals surface area contributed by atoms with Gasteiger partial charge in [0.15, 0.2) is 0 Å². The highest BCUT2D eigenvalue weighted by Crippen LogP contribution is 2.65. The molecule has 2 atom stereocenters. The zero-order valence-corrected chi connectivity index (χ0v) is 21.4. The molecule has 3 aromatic carbocycles. The van der Waals surface area contributed by atoms with Crippen molar-refractivity contribution in [1.82, 2.24) is 0 Å². The second-order valence-corrected chi connectivity index (χ2v) is 10.7. The molecule has 4 rings (SSSR count). The summed E-state index contributed by atoms with van der Waals surface area (Å²) < 4.78 is 26.3. The van der Waals surface area contributed by atoms with E-state index in [1.165, 1.54) is 18.2 Å². The van der Waals surface area contributed by atoms with Crippen LogP contribution in [0.2, 0.25) is 10.0 Å². The smallest absolute Gasteiger partial charge is 0.257 e. The van der Waals surface area contributed by atoms with Crippen LogP contribution in [0.1, 0.15) is 21.8 Å². The van der Waals surface area contributed by atoms with Gasteiger partial charge in [-0.15, -0.1) is 23.2 Å². The van der Waals surface area contributed by atoms with E-state index in [2.05, 4.69) is 26.6 Å². The first-order valence-corrected chi connectivity index (χ1v) is 12.0. The molecule has 1 aliphatic carbocycles. The molecule has 11 heteroatoms. The van der Waals surface area contributed by atoms with E-state index in [1.807, 2.05) is 0 Å².